The number of aromatic nitrogens is 1. The highest BCUT2D eigenvalue weighted by Crippen LogP contribution is 2.21. The van der Waals surface area contributed by atoms with Gasteiger partial charge in [0.05, 0.1) is 24.3 Å². The van der Waals surface area contributed by atoms with Gasteiger partial charge in [0.1, 0.15) is 0 Å². The van der Waals surface area contributed by atoms with Gasteiger partial charge in [0.15, 0.2) is 5.13 Å². The number of aliphatic carboxylic acids is 1. The van der Waals surface area contributed by atoms with Gasteiger partial charge in [-0.2, -0.15) is 0 Å². The summed E-state index contributed by atoms with van der Waals surface area (Å²) in [5.41, 5.74) is 1.77. The van der Waals surface area contributed by atoms with Crippen molar-refractivity contribution in [2.45, 2.75) is 19.8 Å². The van der Waals surface area contributed by atoms with Crippen molar-refractivity contribution in [1.82, 2.24) is 4.98 Å². The van der Waals surface area contributed by atoms with Gasteiger partial charge in [0.25, 0.3) is 0 Å². The summed E-state index contributed by atoms with van der Waals surface area (Å²) in [5, 5.41) is 14.1. The van der Waals surface area contributed by atoms with Crippen molar-refractivity contribution in [1.29, 1.82) is 0 Å². The highest BCUT2D eigenvalue weighted by molar-refractivity contribution is 7.13. The highest BCUT2D eigenvalue weighted by Gasteiger charge is 2.08. The quantitative estimate of drug-likeness (QED) is 0.762. The van der Waals surface area contributed by atoms with Gasteiger partial charge in [-0.3, -0.25) is 4.79 Å². The van der Waals surface area contributed by atoms with Gasteiger partial charge in [0, 0.05) is 11.1 Å². The molecule has 0 saturated heterocycles. The molecular formula is C15H16N2O4S. The molecule has 0 unspecified atom stereocenters. The summed E-state index contributed by atoms with van der Waals surface area (Å²) < 4.78 is 5.05. The third-order valence-electron chi connectivity index (χ3n) is 2.69. The summed E-state index contributed by atoms with van der Waals surface area (Å²) in [7, 11) is 0. The number of thiazole rings is 1. The molecule has 2 aromatic rings. The van der Waals surface area contributed by atoms with Crippen molar-refractivity contribution in [2.24, 2.45) is 0 Å². The lowest BCUT2D eigenvalue weighted by atomic mass is 10.2. The van der Waals surface area contributed by atoms with Crippen LogP contribution in [0.4, 0.5) is 10.8 Å². The zero-order chi connectivity index (χ0) is 15.9. The molecule has 0 aliphatic rings. The lowest BCUT2D eigenvalue weighted by Gasteiger charge is -2.05. The first kappa shape index (κ1) is 16.0. The zero-order valence-electron chi connectivity index (χ0n) is 12.0. The van der Waals surface area contributed by atoms with E-state index in [4.69, 9.17) is 9.84 Å². The number of nitrogens with zero attached hydrogens (tertiary/aromatic N) is 1. The molecule has 22 heavy (non-hydrogen) atoms. The van der Waals surface area contributed by atoms with Gasteiger partial charge in [0.2, 0.25) is 0 Å². The van der Waals surface area contributed by atoms with Crippen LogP contribution < -0.4 is 5.32 Å². The number of benzene rings is 1. The van der Waals surface area contributed by atoms with Crippen LogP contribution in [0.5, 0.6) is 0 Å². The Hall–Kier alpha value is -2.41. The number of carboxylic acids is 1. The Balaban J connectivity index is 1.97. The molecule has 0 radical (unpaired) electrons. The Bertz CT molecular complexity index is 652. The van der Waals surface area contributed by atoms with Crippen molar-refractivity contribution in [3.63, 3.8) is 0 Å². The largest absolute Gasteiger partial charge is 0.481 e. The number of rotatable bonds is 7. The van der Waals surface area contributed by atoms with Crippen LogP contribution in [0.15, 0.2) is 29.6 Å². The van der Waals surface area contributed by atoms with Gasteiger partial charge in [-0.05, 0) is 30.7 Å². The second kappa shape index (κ2) is 7.56. The Morgan fingerprint density at radius 3 is 2.68 bits per heavy atom. The fraction of sp³-hybridized carbons (Fsp3) is 0.267. The second-order valence-corrected chi connectivity index (χ2v) is 5.41. The fourth-order valence-corrected chi connectivity index (χ4v) is 2.42. The molecule has 0 spiro atoms. The maximum absolute atomic E-state index is 11.7. The van der Waals surface area contributed by atoms with E-state index in [-0.39, 0.29) is 12.4 Å². The van der Waals surface area contributed by atoms with Gasteiger partial charge in [-0.1, -0.05) is 6.92 Å². The smallest absolute Gasteiger partial charge is 0.338 e. The van der Waals surface area contributed by atoms with E-state index in [0.717, 1.165) is 12.1 Å². The number of carbonyl (C=O) groups is 2. The number of carboxylic acid groups (broad SMARTS) is 1. The molecule has 7 heteroatoms. The Morgan fingerprint density at radius 2 is 2.05 bits per heavy atom. The maximum atomic E-state index is 11.7. The number of anilines is 2. The van der Waals surface area contributed by atoms with E-state index in [1.165, 1.54) is 11.3 Å². The Morgan fingerprint density at radius 1 is 1.32 bits per heavy atom. The summed E-state index contributed by atoms with van der Waals surface area (Å²) in [4.78, 5) is 26.5. The van der Waals surface area contributed by atoms with Crippen molar-refractivity contribution in [2.75, 3.05) is 11.9 Å². The molecule has 0 aliphatic heterocycles. The fourth-order valence-electron chi connectivity index (χ4n) is 1.69. The van der Waals surface area contributed by atoms with Crippen molar-refractivity contribution < 1.29 is 19.4 Å². The molecule has 1 heterocycles. The average molecular weight is 320 g/mol. The summed E-state index contributed by atoms with van der Waals surface area (Å²) in [6, 6.07) is 6.85. The van der Waals surface area contributed by atoms with Crippen LogP contribution in [0, 0.1) is 0 Å². The summed E-state index contributed by atoms with van der Waals surface area (Å²) in [6.07, 6.45) is 0.689. The van der Waals surface area contributed by atoms with E-state index in [1.54, 1.807) is 29.6 Å². The van der Waals surface area contributed by atoms with Gasteiger partial charge >= 0.3 is 11.9 Å². The van der Waals surface area contributed by atoms with Crippen molar-refractivity contribution in [3.8, 4) is 0 Å². The van der Waals surface area contributed by atoms with Crippen LogP contribution in [-0.4, -0.2) is 28.6 Å². The third-order valence-corrected chi connectivity index (χ3v) is 3.50. The SMILES string of the molecule is CCCOC(=O)c1ccc(Nc2nc(CC(=O)O)cs2)cc1. The van der Waals surface area contributed by atoms with Crippen LogP contribution in [0.2, 0.25) is 0 Å². The Kier molecular flexibility index (Phi) is 5.48. The van der Waals surface area contributed by atoms with Crippen LogP contribution in [-0.2, 0) is 16.0 Å². The van der Waals surface area contributed by atoms with Gasteiger partial charge < -0.3 is 15.2 Å². The topological polar surface area (TPSA) is 88.5 Å². The first-order valence-electron chi connectivity index (χ1n) is 6.79. The van der Waals surface area contributed by atoms with Crippen LogP contribution in [0.1, 0.15) is 29.4 Å². The molecule has 0 fully saturated rings. The molecule has 0 bridgehead atoms. The molecule has 1 aromatic heterocycles. The minimum Gasteiger partial charge on any atom is -0.481 e. The molecule has 1 aromatic carbocycles. The lowest BCUT2D eigenvalue weighted by molar-refractivity contribution is -0.136. The maximum Gasteiger partial charge on any atom is 0.338 e. The second-order valence-electron chi connectivity index (χ2n) is 4.55. The number of hydrogen-bond acceptors (Lipinski definition) is 6. The number of esters is 1. The highest BCUT2D eigenvalue weighted by atomic mass is 32.1. The van der Waals surface area contributed by atoms with E-state index < -0.39 is 5.97 Å². The minimum absolute atomic E-state index is 0.0968. The minimum atomic E-state index is -0.910. The van der Waals surface area contributed by atoms with Crippen LogP contribution >= 0.6 is 11.3 Å². The first-order chi connectivity index (χ1) is 10.6. The molecular weight excluding hydrogens is 304 g/mol. The van der Waals surface area contributed by atoms with E-state index in [9.17, 15) is 9.59 Å². The number of ether oxygens (including phenoxy) is 1. The zero-order valence-corrected chi connectivity index (χ0v) is 12.9. The van der Waals surface area contributed by atoms with Crippen LogP contribution in [0.25, 0.3) is 0 Å². The normalized spacial score (nSPS) is 10.2. The summed E-state index contributed by atoms with van der Waals surface area (Å²) in [6.45, 7) is 2.34. The van der Waals surface area contributed by atoms with Gasteiger partial charge in [-0.15, -0.1) is 11.3 Å². The molecule has 2 N–H and O–H groups in total. The van der Waals surface area contributed by atoms with Gasteiger partial charge in [-0.25, -0.2) is 9.78 Å². The molecule has 0 saturated carbocycles. The Labute approximate surface area is 131 Å². The monoisotopic (exact) mass is 320 g/mol. The first-order valence-corrected chi connectivity index (χ1v) is 7.67. The van der Waals surface area contributed by atoms with Crippen molar-refractivity contribution in [3.05, 3.63) is 40.9 Å². The molecule has 116 valence electrons. The van der Waals surface area contributed by atoms with E-state index in [1.807, 2.05) is 6.92 Å². The standard InChI is InChI=1S/C15H16N2O4S/c1-2-7-21-14(20)10-3-5-11(6-4-10)16-15-17-12(9-22-15)8-13(18)19/h3-6,9H,2,7-8H2,1H3,(H,16,17)(H,18,19). The van der Waals surface area contributed by atoms with E-state index >= 15 is 0 Å². The summed E-state index contributed by atoms with van der Waals surface area (Å²) in [5.74, 6) is -1.25. The predicted octanol–water partition coefficient (Wildman–Crippen LogP) is 3.08. The number of carbonyl (C=O) groups excluding carboxylic acids is 1. The molecule has 2 rings (SSSR count). The number of hydrogen-bond donors (Lipinski definition) is 2. The molecule has 0 atom stereocenters. The van der Waals surface area contributed by atoms with E-state index in [2.05, 4.69) is 10.3 Å². The summed E-state index contributed by atoms with van der Waals surface area (Å²) >= 11 is 1.33. The molecule has 0 amide bonds. The predicted molar refractivity (Wildman–Crippen MR) is 83.8 cm³/mol. The number of nitrogens with one attached hydrogen (secondary N) is 1. The average Bonchev–Trinajstić information content (AvgIpc) is 2.91. The van der Waals surface area contributed by atoms with Crippen molar-refractivity contribution >= 4 is 34.1 Å². The van der Waals surface area contributed by atoms with E-state index in [0.29, 0.717) is 23.0 Å². The third kappa shape index (κ3) is 4.56. The molecule has 6 nitrogen and oxygen atoms in total. The lowest BCUT2D eigenvalue weighted by Crippen LogP contribution is -2.05. The van der Waals surface area contributed by atoms with Crippen LogP contribution in [0.3, 0.4) is 0 Å². The molecule has 0 aliphatic carbocycles.